The summed E-state index contributed by atoms with van der Waals surface area (Å²) in [5.41, 5.74) is 1.47. The maximum Gasteiger partial charge on any atom is 0.262 e. The lowest BCUT2D eigenvalue weighted by Crippen LogP contribution is -2.24. The molecule has 2 aromatic carbocycles. The number of rotatable bonds is 7. The molecule has 0 radical (unpaired) electrons. The number of hydrogen-bond acceptors (Lipinski definition) is 5. The summed E-state index contributed by atoms with van der Waals surface area (Å²) in [7, 11) is 3.14. The highest BCUT2D eigenvalue weighted by Crippen LogP contribution is 2.23. The van der Waals surface area contributed by atoms with Crippen LogP contribution in [0.25, 0.3) is 10.9 Å². The van der Waals surface area contributed by atoms with Gasteiger partial charge in [0, 0.05) is 24.2 Å². The monoisotopic (exact) mass is 411 g/mol. The van der Waals surface area contributed by atoms with E-state index in [1.165, 1.54) is 4.57 Å². The first-order chi connectivity index (χ1) is 14.0. The van der Waals surface area contributed by atoms with E-state index in [9.17, 15) is 9.59 Å². The number of aromatic amines is 1. The van der Waals surface area contributed by atoms with E-state index in [0.717, 1.165) is 5.56 Å². The van der Waals surface area contributed by atoms with Crippen molar-refractivity contribution in [2.45, 2.75) is 13.1 Å². The van der Waals surface area contributed by atoms with Crippen LogP contribution in [-0.4, -0.2) is 29.7 Å². The molecule has 150 valence electrons. The Balaban J connectivity index is 1.87. The molecule has 0 atom stereocenters. The van der Waals surface area contributed by atoms with Gasteiger partial charge in [-0.3, -0.25) is 14.2 Å². The van der Waals surface area contributed by atoms with Crippen LogP contribution >= 0.6 is 12.2 Å². The molecular weight excluding hydrogens is 390 g/mol. The molecule has 0 aliphatic rings. The highest BCUT2D eigenvalue weighted by Gasteiger charge is 2.12. The van der Waals surface area contributed by atoms with Crippen LogP contribution in [0.2, 0.25) is 0 Å². The Morgan fingerprint density at radius 1 is 1.24 bits per heavy atom. The minimum atomic E-state index is -0.286. The van der Waals surface area contributed by atoms with E-state index < -0.39 is 0 Å². The lowest BCUT2D eigenvalue weighted by molar-refractivity contribution is 0.0950. The fraction of sp³-hybridized carbons (Fsp3) is 0.190. The molecule has 8 heteroatoms. The molecule has 0 fully saturated rings. The summed E-state index contributed by atoms with van der Waals surface area (Å²) in [5.74, 6) is 1.03. The molecule has 1 amide bonds. The fourth-order valence-electron chi connectivity index (χ4n) is 2.99. The molecule has 0 bridgehead atoms. The zero-order valence-corrected chi connectivity index (χ0v) is 17.0. The van der Waals surface area contributed by atoms with Crippen molar-refractivity contribution in [2.24, 2.45) is 0 Å². The average molecular weight is 411 g/mol. The van der Waals surface area contributed by atoms with Crippen LogP contribution < -0.4 is 20.3 Å². The number of fused-ring (bicyclic) bond motifs is 1. The summed E-state index contributed by atoms with van der Waals surface area (Å²) in [5, 5.41) is 3.31. The molecule has 0 unspecified atom stereocenters. The Bertz CT molecular complexity index is 1200. The number of aromatic nitrogens is 2. The lowest BCUT2D eigenvalue weighted by atomic mass is 10.1. The molecule has 0 saturated heterocycles. The van der Waals surface area contributed by atoms with Gasteiger partial charge in [-0.25, -0.2) is 0 Å². The van der Waals surface area contributed by atoms with Gasteiger partial charge in [-0.05, 0) is 48.6 Å². The van der Waals surface area contributed by atoms with Crippen LogP contribution in [-0.2, 0) is 13.1 Å². The number of carbonyl (C=O) groups is 1. The molecule has 3 rings (SSSR count). The Labute approximate surface area is 172 Å². The van der Waals surface area contributed by atoms with E-state index in [2.05, 4.69) is 16.9 Å². The second-order valence-corrected chi connectivity index (χ2v) is 6.64. The standard InChI is InChI=1S/C21H21N3O4S/c1-4-9-24-20(26)16-7-5-13(11-17(16)23-21(24)29)19(25)22-12-14-10-15(27-2)6-8-18(14)28-3/h4-8,10-11H,1,9,12H2,2-3H3,(H,22,25)(H,23,29). The predicted octanol–water partition coefficient (Wildman–Crippen LogP) is 3.19. The van der Waals surface area contributed by atoms with Gasteiger partial charge in [-0.1, -0.05) is 6.08 Å². The van der Waals surface area contributed by atoms with Gasteiger partial charge in [0.25, 0.3) is 11.5 Å². The second-order valence-electron chi connectivity index (χ2n) is 6.26. The van der Waals surface area contributed by atoms with E-state index in [0.29, 0.717) is 34.5 Å². The zero-order chi connectivity index (χ0) is 21.0. The summed E-state index contributed by atoms with van der Waals surface area (Å²) in [6, 6.07) is 10.2. The summed E-state index contributed by atoms with van der Waals surface area (Å²) in [4.78, 5) is 28.2. The molecule has 3 aromatic rings. The van der Waals surface area contributed by atoms with Crippen molar-refractivity contribution in [2.75, 3.05) is 14.2 Å². The summed E-state index contributed by atoms with van der Waals surface area (Å²) in [6.45, 7) is 4.21. The molecule has 0 saturated carbocycles. The number of amides is 1. The van der Waals surface area contributed by atoms with Gasteiger partial charge >= 0.3 is 0 Å². The van der Waals surface area contributed by atoms with Crippen molar-refractivity contribution in [3.63, 3.8) is 0 Å². The van der Waals surface area contributed by atoms with Crippen LogP contribution in [0.15, 0.2) is 53.8 Å². The predicted molar refractivity (Wildman–Crippen MR) is 114 cm³/mol. The SMILES string of the molecule is C=CCn1c(=S)[nH]c2cc(C(=O)NCc3cc(OC)ccc3OC)ccc2c1=O. The minimum absolute atomic E-state index is 0.225. The first-order valence-electron chi connectivity index (χ1n) is 8.85. The van der Waals surface area contributed by atoms with Crippen LogP contribution in [0.5, 0.6) is 11.5 Å². The molecule has 0 spiro atoms. The molecule has 29 heavy (non-hydrogen) atoms. The molecule has 2 N–H and O–H groups in total. The first-order valence-corrected chi connectivity index (χ1v) is 9.26. The van der Waals surface area contributed by atoms with Gasteiger partial charge in [0.1, 0.15) is 11.5 Å². The third-order valence-corrected chi connectivity index (χ3v) is 4.81. The van der Waals surface area contributed by atoms with E-state index in [1.807, 2.05) is 0 Å². The Hall–Kier alpha value is -3.39. The zero-order valence-electron chi connectivity index (χ0n) is 16.2. The fourth-order valence-corrected chi connectivity index (χ4v) is 3.26. The molecule has 0 aliphatic carbocycles. The largest absolute Gasteiger partial charge is 0.497 e. The highest BCUT2D eigenvalue weighted by molar-refractivity contribution is 7.71. The quantitative estimate of drug-likeness (QED) is 0.461. The smallest absolute Gasteiger partial charge is 0.262 e. The number of ether oxygens (including phenoxy) is 2. The van der Waals surface area contributed by atoms with Gasteiger partial charge in [-0.2, -0.15) is 0 Å². The number of hydrogen-bond donors (Lipinski definition) is 2. The average Bonchev–Trinajstić information content (AvgIpc) is 2.74. The number of nitrogens with zero attached hydrogens (tertiary/aromatic N) is 1. The van der Waals surface area contributed by atoms with Gasteiger partial charge < -0.3 is 19.8 Å². The van der Waals surface area contributed by atoms with E-state index in [1.54, 1.807) is 56.7 Å². The van der Waals surface area contributed by atoms with Crippen LogP contribution in [0.4, 0.5) is 0 Å². The Morgan fingerprint density at radius 2 is 2.03 bits per heavy atom. The minimum Gasteiger partial charge on any atom is -0.497 e. The Kier molecular flexibility index (Phi) is 6.13. The van der Waals surface area contributed by atoms with Crippen molar-refractivity contribution in [3.05, 3.63) is 75.3 Å². The van der Waals surface area contributed by atoms with Crippen molar-refractivity contribution >= 4 is 29.0 Å². The second kappa shape index (κ2) is 8.74. The molecule has 0 aliphatic heterocycles. The van der Waals surface area contributed by atoms with Gasteiger partial charge in [0.2, 0.25) is 0 Å². The van der Waals surface area contributed by atoms with Crippen LogP contribution in [0.3, 0.4) is 0 Å². The summed E-state index contributed by atoms with van der Waals surface area (Å²) >= 11 is 5.24. The van der Waals surface area contributed by atoms with E-state index in [4.69, 9.17) is 21.7 Å². The number of nitrogens with one attached hydrogen (secondary N) is 2. The number of allylic oxidation sites excluding steroid dienone is 1. The van der Waals surface area contributed by atoms with Gasteiger partial charge in [-0.15, -0.1) is 6.58 Å². The maximum absolute atomic E-state index is 12.6. The number of carbonyl (C=O) groups excluding carboxylic acids is 1. The number of methoxy groups -OCH3 is 2. The number of H-pyrrole nitrogens is 1. The number of benzene rings is 2. The third kappa shape index (κ3) is 4.22. The van der Waals surface area contributed by atoms with Crippen molar-refractivity contribution in [3.8, 4) is 11.5 Å². The first kappa shape index (κ1) is 20.3. The summed E-state index contributed by atoms with van der Waals surface area (Å²) in [6.07, 6.45) is 1.60. The maximum atomic E-state index is 12.6. The molecule has 1 aromatic heterocycles. The van der Waals surface area contributed by atoms with Crippen LogP contribution in [0, 0.1) is 4.77 Å². The van der Waals surface area contributed by atoms with Gasteiger partial charge in [0.05, 0.1) is 25.1 Å². The normalized spacial score (nSPS) is 10.6. The van der Waals surface area contributed by atoms with Crippen molar-refractivity contribution in [1.82, 2.24) is 14.9 Å². The van der Waals surface area contributed by atoms with E-state index >= 15 is 0 Å². The molecule has 1 heterocycles. The lowest BCUT2D eigenvalue weighted by Gasteiger charge is -2.12. The van der Waals surface area contributed by atoms with E-state index in [-0.39, 0.29) is 22.8 Å². The topological polar surface area (TPSA) is 85.3 Å². The summed E-state index contributed by atoms with van der Waals surface area (Å²) < 4.78 is 12.2. The molecule has 7 nitrogen and oxygen atoms in total. The third-order valence-electron chi connectivity index (χ3n) is 4.48. The Morgan fingerprint density at radius 3 is 2.72 bits per heavy atom. The van der Waals surface area contributed by atoms with Crippen molar-refractivity contribution in [1.29, 1.82) is 0 Å². The van der Waals surface area contributed by atoms with Gasteiger partial charge in [0.15, 0.2) is 4.77 Å². The molecular formula is C21H21N3O4S. The highest BCUT2D eigenvalue weighted by atomic mass is 32.1. The van der Waals surface area contributed by atoms with Crippen LogP contribution in [0.1, 0.15) is 15.9 Å². The van der Waals surface area contributed by atoms with Crippen molar-refractivity contribution < 1.29 is 14.3 Å².